The zero-order valence-electron chi connectivity index (χ0n) is 20.0. The van der Waals surface area contributed by atoms with Crippen LogP contribution in [-0.2, 0) is 20.7 Å². The van der Waals surface area contributed by atoms with Gasteiger partial charge < -0.3 is 19.7 Å². The van der Waals surface area contributed by atoms with Crippen LogP contribution in [0.25, 0.3) is 0 Å². The molecule has 1 N–H and O–H groups in total. The van der Waals surface area contributed by atoms with Gasteiger partial charge in [0.15, 0.2) is 0 Å². The van der Waals surface area contributed by atoms with Gasteiger partial charge in [-0.1, -0.05) is 37.3 Å². The van der Waals surface area contributed by atoms with Gasteiger partial charge in [0.2, 0.25) is 5.91 Å². The fourth-order valence-corrected chi connectivity index (χ4v) is 4.53. The molecule has 2 aromatic carbocycles. The molecule has 2 aliphatic heterocycles. The lowest BCUT2D eigenvalue weighted by molar-refractivity contribution is -0.144. The lowest BCUT2D eigenvalue weighted by Crippen LogP contribution is -2.45. The molecule has 2 amide bonds. The molecule has 0 radical (unpaired) electrons. The van der Waals surface area contributed by atoms with Crippen LogP contribution in [0.3, 0.4) is 0 Å². The summed E-state index contributed by atoms with van der Waals surface area (Å²) in [5.74, 6) is -0.145. The van der Waals surface area contributed by atoms with Crippen molar-refractivity contribution < 1.29 is 23.9 Å². The van der Waals surface area contributed by atoms with Crippen molar-refractivity contribution in [3.05, 3.63) is 59.7 Å². The maximum Gasteiger partial charge on any atom is 0.309 e. The molecule has 2 fully saturated rings. The molecule has 0 bridgehead atoms. The number of amides is 2. The maximum atomic E-state index is 13.4. The molecule has 0 unspecified atom stereocenters. The summed E-state index contributed by atoms with van der Waals surface area (Å²) >= 11 is 0. The fourth-order valence-electron chi connectivity index (χ4n) is 4.53. The average molecular weight is 465 g/mol. The largest absolute Gasteiger partial charge is 0.491 e. The highest BCUT2D eigenvalue weighted by Gasteiger charge is 2.37. The van der Waals surface area contributed by atoms with Crippen LogP contribution in [0.1, 0.15) is 56.0 Å². The SMILES string of the molecule is CC(C)Oc1cc(C(=O)N[C@@H](Cc2ccccc2)[C@@H]2C[C@@H](C)C(=O)O2)cc(N2CCCC2=O)c1. The van der Waals surface area contributed by atoms with Gasteiger partial charge >= 0.3 is 5.97 Å². The topological polar surface area (TPSA) is 84.9 Å². The molecule has 3 atom stereocenters. The van der Waals surface area contributed by atoms with Crippen LogP contribution in [-0.4, -0.2) is 42.6 Å². The monoisotopic (exact) mass is 464 g/mol. The second-order valence-corrected chi connectivity index (χ2v) is 9.41. The summed E-state index contributed by atoms with van der Waals surface area (Å²) in [6, 6.07) is 14.7. The highest BCUT2D eigenvalue weighted by atomic mass is 16.6. The fraction of sp³-hybridized carbons (Fsp3) is 0.444. The van der Waals surface area contributed by atoms with Crippen molar-refractivity contribution in [2.24, 2.45) is 5.92 Å². The first kappa shape index (κ1) is 23.8. The lowest BCUT2D eigenvalue weighted by Gasteiger charge is -2.25. The quantitative estimate of drug-likeness (QED) is 0.599. The summed E-state index contributed by atoms with van der Waals surface area (Å²) in [5.41, 5.74) is 2.11. The number of nitrogens with zero attached hydrogens (tertiary/aromatic N) is 1. The van der Waals surface area contributed by atoms with E-state index < -0.39 is 6.10 Å². The van der Waals surface area contributed by atoms with Gasteiger partial charge in [0.1, 0.15) is 11.9 Å². The van der Waals surface area contributed by atoms with Crippen LogP contribution >= 0.6 is 0 Å². The number of carbonyl (C=O) groups is 3. The maximum absolute atomic E-state index is 13.4. The van der Waals surface area contributed by atoms with Gasteiger partial charge in [-0.25, -0.2) is 0 Å². The summed E-state index contributed by atoms with van der Waals surface area (Å²) in [7, 11) is 0. The molecule has 2 aromatic rings. The Hall–Kier alpha value is -3.35. The summed E-state index contributed by atoms with van der Waals surface area (Å²) in [6.45, 7) is 6.30. The Bertz CT molecular complexity index is 1050. The second kappa shape index (κ2) is 10.3. The minimum atomic E-state index is -0.401. The van der Waals surface area contributed by atoms with E-state index in [0.29, 0.717) is 42.8 Å². The van der Waals surface area contributed by atoms with Crippen molar-refractivity contribution in [2.75, 3.05) is 11.4 Å². The summed E-state index contributed by atoms with van der Waals surface area (Å²) in [6.07, 6.45) is 1.91. The van der Waals surface area contributed by atoms with Gasteiger partial charge in [0.25, 0.3) is 5.91 Å². The van der Waals surface area contributed by atoms with E-state index in [4.69, 9.17) is 9.47 Å². The Morgan fingerprint density at radius 3 is 2.56 bits per heavy atom. The number of rotatable bonds is 8. The standard InChI is InChI=1S/C27H32N2O5/c1-17(2)33-22-15-20(14-21(16-22)29-11-7-10-25(29)30)26(31)28-23(13-19-8-5-4-6-9-19)24-12-18(3)27(32)34-24/h4-6,8-9,14-18,23-24H,7,10-13H2,1-3H3,(H,28,31)/t18-,23+,24+/m1/s1. The van der Waals surface area contributed by atoms with Crippen molar-refractivity contribution in [2.45, 2.75) is 64.7 Å². The first-order valence-corrected chi connectivity index (χ1v) is 12.0. The van der Waals surface area contributed by atoms with Gasteiger partial charge in [0, 0.05) is 30.3 Å². The molecule has 2 aliphatic rings. The van der Waals surface area contributed by atoms with E-state index in [2.05, 4.69) is 5.32 Å². The number of cyclic esters (lactones) is 1. The van der Waals surface area contributed by atoms with E-state index in [0.717, 1.165) is 12.0 Å². The van der Waals surface area contributed by atoms with Crippen molar-refractivity contribution in [1.29, 1.82) is 0 Å². The summed E-state index contributed by atoms with van der Waals surface area (Å²) in [5, 5.41) is 3.10. The van der Waals surface area contributed by atoms with E-state index >= 15 is 0 Å². The lowest BCUT2D eigenvalue weighted by atomic mass is 9.96. The van der Waals surface area contributed by atoms with Gasteiger partial charge in [-0.2, -0.15) is 0 Å². The normalized spacial score (nSPS) is 21.0. The van der Waals surface area contributed by atoms with Gasteiger partial charge in [0.05, 0.1) is 18.1 Å². The molecule has 0 aromatic heterocycles. The van der Waals surface area contributed by atoms with Crippen LogP contribution in [0.5, 0.6) is 5.75 Å². The van der Waals surface area contributed by atoms with E-state index in [9.17, 15) is 14.4 Å². The first-order chi connectivity index (χ1) is 16.3. The van der Waals surface area contributed by atoms with E-state index in [1.165, 1.54) is 0 Å². The number of esters is 1. The number of carbonyl (C=O) groups excluding carboxylic acids is 3. The van der Waals surface area contributed by atoms with Gasteiger partial charge in [-0.05, 0) is 50.8 Å². The van der Waals surface area contributed by atoms with Crippen LogP contribution in [0.4, 0.5) is 5.69 Å². The van der Waals surface area contributed by atoms with Crippen LogP contribution in [0.15, 0.2) is 48.5 Å². The zero-order chi connectivity index (χ0) is 24.2. The molecule has 2 saturated heterocycles. The highest BCUT2D eigenvalue weighted by Crippen LogP contribution is 2.29. The molecular formula is C27H32N2O5. The molecule has 0 aliphatic carbocycles. The third kappa shape index (κ3) is 5.58. The van der Waals surface area contributed by atoms with E-state index in [-0.39, 0.29) is 35.8 Å². The number of ether oxygens (including phenoxy) is 2. The third-order valence-corrected chi connectivity index (χ3v) is 6.23. The Balaban J connectivity index is 1.60. The Kier molecular flexibility index (Phi) is 7.20. The Morgan fingerprint density at radius 1 is 1.18 bits per heavy atom. The molecule has 4 rings (SSSR count). The average Bonchev–Trinajstić information content (AvgIpc) is 3.38. The van der Waals surface area contributed by atoms with Crippen molar-refractivity contribution in [1.82, 2.24) is 5.32 Å². The Labute approximate surface area is 200 Å². The molecule has 7 nitrogen and oxygen atoms in total. The number of nitrogens with one attached hydrogen (secondary N) is 1. The van der Waals surface area contributed by atoms with E-state index in [1.807, 2.05) is 57.2 Å². The number of hydrogen-bond donors (Lipinski definition) is 1. The van der Waals surface area contributed by atoms with Crippen LogP contribution < -0.4 is 15.0 Å². The molecule has 2 heterocycles. The number of hydrogen-bond acceptors (Lipinski definition) is 5. The minimum Gasteiger partial charge on any atom is -0.491 e. The second-order valence-electron chi connectivity index (χ2n) is 9.41. The van der Waals surface area contributed by atoms with E-state index in [1.54, 1.807) is 17.0 Å². The molecule has 34 heavy (non-hydrogen) atoms. The molecule has 180 valence electrons. The van der Waals surface area contributed by atoms with Crippen LogP contribution in [0.2, 0.25) is 0 Å². The number of anilines is 1. The predicted octanol–water partition coefficient (Wildman–Crippen LogP) is 3.89. The minimum absolute atomic E-state index is 0.0434. The van der Waals surface area contributed by atoms with Gasteiger partial charge in [-0.15, -0.1) is 0 Å². The van der Waals surface area contributed by atoms with Crippen molar-refractivity contribution in [3.8, 4) is 5.75 Å². The highest BCUT2D eigenvalue weighted by molar-refractivity contribution is 5.99. The Morgan fingerprint density at radius 2 is 1.94 bits per heavy atom. The first-order valence-electron chi connectivity index (χ1n) is 12.0. The van der Waals surface area contributed by atoms with Crippen LogP contribution in [0, 0.1) is 5.92 Å². The number of benzene rings is 2. The smallest absolute Gasteiger partial charge is 0.309 e. The van der Waals surface area contributed by atoms with Gasteiger partial charge in [-0.3, -0.25) is 14.4 Å². The van der Waals surface area contributed by atoms with Crippen molar-refractivity contribution in [3.63, 3.8) is 0 Å². The molecule has 0 saturated carbocycles. The third-order valence-electron chi connectivity index (χ3n) is 6.23. The summed E-state index contributed by atoms with van der Waals surface area (Å²) < 4.78 is 11.5. The molecule has 7 heteroatoms. The molecular weight excluding hydrogens is 432 g/mol. The predicted molar refractivity (Wildman–Crippen MR) is 129 cm³/mol. The molecule has 0 spiro atoms. The van der Waals surface area contributed by atoms with Crippen molar-refractivity contribution >= 4 is 23.5 Å². The summed E-state index contributed by atoms with van der Waals surface area (Å²) in [4.78, 5) is 39.6. The zero-order valence-corrected chi connectivity index (χ0v) is 20.0.